The maximum atomic E-state index is 9.97. The number of aliphatic hydroxyl groups is 2. The van der Waals surface area contributed by atoms with Crippen LogP contribution in [0.2, 0.25) is 0 Å². The van der Waals surface area contributed by atoms with Crippen LogP contribution < -0.4 is 0 Å². The molecule has 2 nitrogen and oxygen atoms in total. The van der Waals surface area contributed by atoms with E-state index in [1.165, 1.54) is 5.56 Å². The second kappa shape index (κ2) is 2.81. The van der Waals surface area contributed by atoms with Crippen molar-refractivity contribution in [1.82, 2.24) is 0 Å². The van der Waals surface area contributed by atoms with Gasteiger partial charge in [-0.3, -0.25) is 0 Å². The fourth-order valence-electron chi connectivity index (χ4n) is 3.04. The molecule has 4 atom stereocenters. The van der Waals surface area contributed by atoms with Crippen LogP contribution in [0.25, 0.3) is 0 Å². The zero-order valence-electron chi connectivity index (χ0n) is 7.93. The van der Waals surface area contributed by atoms with Gasteiger partial charge in [0, 0.05) is 5.92 Å². The highest BCUT2D eigenvalue weighted by Gasteiger charge is 2.46. The Morgan fingerprint density at radius 2 is 1.93 bits per heavy atom. The van der Waals surface area contributed by atoms with Crippen molar-refractivity contribution >= 4 is 0 Å². The van der Waals surface area contributed by atoms with Crippen molar-refractivity contribution in [3.05, 3.63) is 35.4 Å². The lowest BCUT2D eigenvalue weighted by Crippen LogP contribution is -2.29. The highest BCUT2D eigenvalue weighted by molar-refractivity contribution is 5.37. The average molecular weight is 190 g/mol. The van der Waals surface area contributed by atoms with Crippen LogP contribution in [0.1, 0.15) is 23.5 Å². The molecule has 1 fully saturated rings. The first kappa shape index (κ1) is 8.45. The molecule has 0 aromatic heterocycles. The van der Waals surface area contributed by atoms with E-state index in [0.717, 1.165) is 18.4 Å². The van der Waals surface area contributed by atoms with E-state index in [0.29, 0.717) is 0 Å². The van der Waals surface area contributed by atoms with Crippen molar-refractivity contribution in [3.63, 3.8) is 0 Å². The number of rotatable bonds is 0. The van der Waals surface area contributed by atoms with E-state index in [-0.39, 0.29) is 24.0 Å². The van der Waals surface area contributed by atoms with Crippen LogP contribution >= 0.6 is 0 Å². The smallest absolute Gasteiger partial charge is 0.0665 e. The molecule has 2 heteroatoms. The Kier molecular flexibility index (Phi) is 1.70. The normalized spacial score (nSPS) is 39.6. The van der Waals surface area contributed by atoms with E-state index in [1.54, 1.807) is 0 Å². The van der Waals surface area contributed by atoms with Gasteiger partial charge in [0.15, 0.2) is 0 Å². The summed E-state index contributed by atoms with van der Waals surface area (Å²) in [6.45, 7) is 0. The van der Waals surface area contributed by atoms with E-state index >= 15 is 0 Å². The fraction of sp³-hybridized carbons (Fsp3) is 0.500. The molecule has 0 amide bonds. The molecule has 3 unspecified atom stereocenters. The lowest BCUT2D eigenvalue weighted by atomic mass is 9.80. The third kappa shape index (κ3) is 0.983. The molecule has 1 aromatic carbocycles. The van der Waals surface area contributed by atoms with Gasteiger partial charge in [0.2, 0.25) is 0 Å². The molecule has 2 N–H and O–H groups in total. The molecule has 3 rings (SSSR count). The predicted octanol–water partition coefficient (Wildman–Crippen LogP) is 1.07. The summed E-state index contributed by atoms with van der Waals surface area (Å²) in [5, 5.41) is 19.8. The standard InChI is InChI=1S/C12H14O2/c13-10-6-8-5-7-3-1-2-4-9(7)11(10)12(8)14/h1-4,8,10-14H,5-6H2/t8?,10-,11?,12?/m0/s1. The minimum absolute atomic E-state index is 0.0371. The van der Waals surface area contributed by atoms with Gasteiger partial charge in [-0.1, -0.05) is 24.3 Å². The van der Waals surface area contributed by atoms with Crippen LogP contribution in [0.3, 0.4) is 0 Å². The van der Waals surface area contributed by atoms with E-state index in [4.69, 9.17) is 0 Å². The third-order valence-corrected chi connectivity index (χ3v) is 3.71. The Hall–Kier alpha value is -0.860. The first-order valence-corrected chi connectivity index (χ1v) is 5.21. The second-order valence-corrected chi connectivity index (χ2v) is 4.48. The molecule has 2 bridgehead atoms. The Morgan fingerprint density at radius 1 is 1.14 bits per heavy atom. The van der Waals surface area contributed by atoms with Crippen LogP contribution in [0.15, 0.2) is 24.3 Å². The summed E-state index contributed by atoms with van der Waals surface area (Å²) < 4.78 is 0. The first-order chi connectivity index (χ1) is 6.77. The van der Waals surface area contributed by atoms with Crippen molar-refractivity contribution in [3.8, 4) is 0 Å². The van der Waals surface area contributed by atoms with Gasteiger partial charge in [-0.2, -0.15) is 0 Å². The van der Waals surface area contributed by atoms with Crippen molar-refractivity contribution < 1.29 is 10.2 Å². The van der Waals surface area contributed by atoms with Crippen LogP contribution in [-0.2, 0) is 6.42 Å². The summed E-state index contributed by atoms with van der Waals surface area (Å²) >= 11 is 0. The minimum atomic E-state index is -0.348. The lowest BCUT2D eigenvalue weighted by Gasteiger charge is -2.28. The SMILES string of the molecule is OC1C2Cc3ccccc3C1[C@@H](O)C2. The first-order valence-electron chi connectivity index (χ1n) is 5.21. The molecule has 2 aliphatic carbocycles. The number of benzene rings is 1. The fourth-order valence-corrected chi connectivity index (χ4v) is 3.04. The highest BCUT2D eigenvalue weighted by Crippen LogP contribution is 2.46. The number of hydrogen-bond donors (Lipinski definition) is 2. The maximum Gasteiger partial charge on any atom is 0.0665 e. The summed E-state index contributed by atoms with van der Waals surface area (Å²) in [4.78, 5) is 0. The van der Waals surface area contributed by atoms with Crippen LogP contribution in [-0.4, -0.2) is 22.4 Å². The van der Waals surface area contributed by atoms with Crippen LogP contribution in [0, 0.1) is 5.92 Å². The third-order valence-electron chi connectivity index (χ3n) is 3.71. The van der Waals surface area contributed by atoms with Gasteiger partial charge in [-0.25, -0.2) is 0 Å². The molecular weight excluding hydrogens is 176 g/mol. The maximum absolute atomic E-state index is 9.97. The summed E-state index contributed by atoms with van der Waals surface area (Å²) in [7, 11) is 0. The van der Waals surface area contributed by atoms with Gasteiger partial charge in [0.1, 0.15) is 0 Å². The highest BCUT2D eigenvalue weighted by atomic mass is 16.3. The molecule has 0 saturated heterocycles. The average Bonchev–Trinajstić information content (AvgIpc) is 2.38. The predicted molar refractivity (Wildman–Crippen MR) is 53.0 cm³/mol. The van der Waals surface area contributed by atoms with Crippen molar-refractivity contribution in [2.75, 3.05) is 0 Å². The minimum Gasteiger partial charge on any atom is -0.392 e. The number of fused-ring (bicyclic) bond motifs is 4. The quantitative estimate of drug-likeness (QED) is 0.642. The Bertz CT molecular complexity index is 361. The Labute approximate surface area is 83.2 Å². The molecule has 74 valence electrons. The summed E-state index contributed by atoms with van der Waals surface area (Å²) in [6.07, 6.45) is 0.990. The molecule has 0 radical (unpaired) electrons. The van der Waals surface area contributed by atoms with Gasteiger partial charge in [0.05, 0.1) is 12.2 Å². The number of hydrogen-bond acceptors (Lipinski definition) is 2. The number of aliphatic hydroxyl groups excluding tert-OH is 2. The van der Waals surface area contributed by atoms with Gasteiger partial charge >= 0.3 is 0 Å². The lowest BCUT2D eigenvalue weighted by molar-refractivity contribution is 0.0864. The van der Waals surface area contributed by atoms with Gasteiger partial charge in [-0.05, 0) is 29.9 Å². The topological polar surface area (TPSA) is 40.5 Å². The van der Waals surface area contributed by atoms with E-state index in [9.17, 15) is 10.2 Å². The monoisotopic (exact) mass is 190 g/mol. The molecule has 1 aromatic rings. The summed E-state index contributed by atoms with van der Waals surface area (Å²) in [5.41, 5.74) is 2.46. The summed E-state index contributed by atoms with van der Waals surface area (Å²) in [5.74, 6) is 0.231. The van der Waals surface area contributed by atoms with Crippen molar-refractivity contribution in [2.45, 2.75) is 31.0 Å². The Balaban J connectivity index is 2.13. The molecule has 1 saturated carbocycles. The molecule has 2 aliphatic rings. The molecular formula is C12H14O2. The summed E-state index contributed by atoms with van der Waals surface area (Å²) in [6, 6.07) is 8.16. The van der Waals surface area contributed by atoms with Crippen molar-refractivity contribution in [1.29, 1.82) is 0 Å². The van der Waals surface area contributed by atoms with Gasteiger partial charge in [0.25, 0.3) is 0 Å². The molecule has 0 spiro atoms. The molecule has 0 heterocycles. The largest absolute Gasteiger partial charge is 0.392 e. The Morgan fingerprint density at radius 3 is 2.79 bits per heavy atom. The zero-order chi connectivity index (χ0) is 9.71. The van der Waals surface area contributed by atoms with Crippen LogP contribution in [0.4, 0.5) is 0 Å². The molecule has 14 heavy (non-hydrogen) atoms. The van der Waals surface area contributed by atoms with E-state index in [2.05, 4.69) is 6.07 Å². The van der Waals surface area contributed by atoms with Crippen LogP contribution in [0.5, 0.6) is 0 Å². The van der Waals surface area contributed by atoms with E-state index < -0.39 is 0 Å². The molecule has 0 aliphatic heterocycles. The van der Waals surface area contributed by atoms with Gasteiger partial charge in [-0.15, -0.1) is 0 Å². The van der Waals surface area contributed by atoms with E-state index in [1.807, 2.05) is 18.2 Å². The van der Waals surface area contributed by atoms with Gasteiger partial charge < -0.3 is 10.2 Å². The van der Waals surface area contributed by atoms with Crippen molar-refractivity contribution in [2.24, 2.45) is 5.92 Å². The zero-order valence-corrected chi connectivity index (χ0v) is 7.93. The second-order valence-electron chi connectivity index (χ2n) is 4.48.